The Morgan fingerprint density at radius 2 is 2.32 bits per heavy atom. The van der Waals surface area contributed by atoms with Crippen LogP contribution in [-0.4, -0.2) is 39.2 Å². The van der Waals surface area contributed by atoms with E-state index >= 15 is 0 Å². The number of aromatic nitrogens is 1. The molecule has 1 aliphatic heterocycles. The maximum Gasteiger partial charge on any atom is 0.287 e. The molecule has 1 aromatic rings. The number of amides is 1. The van der Waals surface area contributed by atoms with Gasteiger partial charge in [-0.1, -0.05) is 13.8 Å². The lowest BCUT2D eigenvalue weighted by atomic mass is 9.83. The van der Waals surface area contributed by atoms with Gasteiger partial charge in [-0.05, 0) is 11.8 Å². The van der Waals surface area contributed by atoms with Crippen LogP contribution in [0.15, 0.2) is 12.3 Å². The van der Waals surface area contributed by atoms with Gasteiger partial charge >= 0.3 is 0 Å². The van der Waals surface area contributed by atoms with Crippen LogP contribution in [0.5, 0.6) is 0 Å². The topological polar surface area (TPSA) is 79.2 Å². The summed E-state index contributed by atoms with van der Waals surface area (Å²) in [5.41, 5.74) is -0.0149. The zero-order chi connectivity index (χ0) is 14.2. The predicted octanol–water partition coefficient (Wildman–Crippen LogP) is 2.40. The molecule has 1 atom stereocenters. The minimum absolute atomic E-state index is 0.0366. The molecule has 1 N–H and O–H groups in total. The van der Waals surface area contributed by atoms with Gasteiger partial charge in [-0.3, -0.25) is 14.9 Å². The highest BCUT2D eigenvalue weighted by Crippen LogP contribution is 2.33. The zero-order valence-corrected chi connectivity index (χ0v) is 11.6. The summed E-state index contributed by atoms with van der Waals surface area (Å²) in [6, 6.07) is 1.27. The van der Waals surface area contributed by atoms with Crippen molar-refractivity contribution in [3.8, 4) is 0 Å². The summed E-state index contributed by atoms with van der Waals surface area (Å²) in [5.74, 6) is -0.218. The van der Waals surface area contributed by atoms with E-state index in [0.29, 0.717) is 13.1 Å². The standard InChI is InChI=1S/C12H16ClN3O3/c1-12(2)7-15(4-3-10(12)13)11(17)9-5-8(6-14-9)16(18)19/h5-6,10,14H,3-4,7H2,1-2H3. The van der Waals surface area contributed by atoms with Crippen LogP contribution in [-0.2, 0) is 0 Å². The molecule has 0 bridgehead atoms. The molecular weight excluding hydrogens is 270 g/mol. The number of hydrogen-bond donors (Lipinski definition) is 1. The smallest absolute Gasteiger partial charge is 0.287 e. The van der Waals surface area contributed by atoms with E-state index in [1.165, 1.54) is 12.3 Å². The average Bonchev–Trinajstić information content (AvgIpc) is 2.81. The van der Waals surface area contributed by atoms with E-state index in [1.807, 2.05) is 13.8 Å². The molecular formula is C12H16ClN3O3. The van der Waals surface area contributed by atoms with Crippen LogP contribution in [0.3, 0.4) is 0 Å². The first kappa shape index (κ1) is 13.9. The number of H-pyrrole nitrogens is 1. The summed E-state index contributed by atoms with van der Waals surface area (Å²) in [5, 5.41) is 10.6. The molecule has 0 spiro atoms. The third-order valence-electron chi connectivity index (χ3n) is 3.50. The summed E-state index contributed by atoms with van der Waals surface area (Å²) in [7, 11) is 0. The monoisotopic (exact) mass is 285 g/mol. The van der Waals surface area contributed by atoms with E-state index < -0.39 is 4.92 Å². The number of rotatable bonds is 2. The third-order valence-corrected chi connectivity index (χ3v) is 4.30. The minimum Gasteiger partial charge on any atom is -0.351 e. The lowest BCUT2D eigenvalue weighted by Gasteiger charge is -2.41. The quantitative estimate of drug-likeness (QED) is 0.515. The highest BCUT2D eigenvalue weighted by molar-refractivity contribution is 6.21. The number of carbonyl (C=O) groups excluding carboxylic acids is 1. The Bertz CT molecular complexity index is 512. The molecule has 0 aliphatic carbocycles. The van der Waals surface area contributed by atoms with Crippen molar-refractivity contribution in [2.75, 3.05) is 13.1 Å². The molecule has 2 heterocycles. The Morgan fingerprint density at radius 1 is 1.63 bits per heavy atom. The van der Waals surface area contributed by atoms with Gasteiger partial charge in [0.15, 0.2) is 0 Å². The SMILES string of the molecule is CC1(C)CN(C(=O)c2cc([N+](=O)[O-])c[nH]2)CCC1Cl. The van der Waals surface area contributed by atoms with Gasteiger partial charge in [0.25, 0.3) is 11.6 Å². The first-order valence-corrected chi connectivity index (χ1v) is 6.51. The van der Waals surface area contributed by atoms with Crippen molar-refractivity contribution in [1.82, 2.24) is 9.88 Å². The van der Waals surface area contributed by atoms with Gasteiger partial charge in [0, 0.05) is 24.5 Å². The van der Waals surface area contributed by atoms with Gasteiger partial charge in [-0.25, -0.2) is 0 Å². The highest BCUT2D eigenvalue weighted by Gasteiger charge is 2.37. The number of aromatic amines is 1. The number of hydrogen-bond acceptors (Lipinski definition) is 3. The fourth-order valence-corrected chi connectivity index (χ4v) is 2.45. The highest BCUT2D eigenvalue weighted by atomic mass is 35.5. The molecule has 1 aliphatic rings. The van der Waals surface area contributed by atoms with Crippen LogP contribution in [0.25, 0.3) is 0 Å². The summed E-state index contributed by atoms with van der Waals surface area (Å²) in [6.45, 7) is 5.15. The predicted molar refractivity (Wildman–Crippen MR) is 71.4 cm³/mol. The summed E-state index contributed by atoms with van der Waals surface area (Å²) in [6.07, 6.45) is 1.95. The second-order valence-corrected chi connectivity index (χ2v) is 6.03. The van der Waals surface area contributed by atoms with E-state index in [2.05, 4.69) is 4.98 Å². The molecule has 104 valence electrons. The van der Waals surface area contributed by atoms with Crippen LogP contribution in [0.2, 0.25) is 0 Å². The molecule has 1 unspecified atom stereocenters. The number of likely N-dealkylation sites (tertiary alicyclic amines) is 1. The Morgan fingerprint density at radius 3 is 2.84 bits per heavy atom. The van der Waals surface area contributed by atoms with Gasteiger partial charge in [-0.2, -0.15) is 0 Å². The van der Waals surface area contributed by atoms with Gasteiger partial charge in [0.05, 0.1) is 11.1 Å². The second-order valence-electron chi connectivity index (χ2n) is 5.50. The van der Waals surface area contributed by atoms with Crippen molar-refractivity contribution in [2.45, 2.75) is 25.6 Å². The molecule has 1 fully saturated rings. The van der Waals surface area contributed by atoms with E-state index in [9.17, 15) is 14.9 Å². The van der Waals surface area contributed by atoms with E-state index in [0.717, 1.165) is 6.42 Å². The third kappa shape index (κ3) is 2.73. The molecule has 1 saturated heterocycles. The number of carbonyl (C=O) groups is 1. The maximum atomic E-state index is 12.3. The molecule has 1 aromatic heterocycles. The Hall–Kier alpha value is -1.56. The van der Waals surface area contributed by atoms with Crippen molar-refractivity contribution in [3.05, 3.63) is 28.1 Å². The zero-order valence-electron chi connectivity index (χ0n) is 10.9. The minimum atomic E-state index is -0.526. The Kier molecular flexibility index (Phi) is 3.54. The number of nitrogens with zero attached hydrogens (tertiary/aromatic N) is 2. The molecule has 6 nitrogen and oxygen atoms in total. The summed E-state index contributed by atoms with van der Waals surface area (Å²) < 4.78 is 0. The van der Waals surface area contributed by atoms with Gasteiger partial charge < -0.3 is 9.88 Å². The van der Waals surface area contributed by atoms with E-state index in [4.69, 9.17) is 11.6 Å². The molecule has 1 amide bonds. The second kappa shape index (κ2) is 4.85. The average molecular weight is 286 g/mol. The maximum absolute atomic E-state index is 12.3. The van der Waals surface area contributed by atoms with Gasteiger partial charge in [-0.15, -0.1) is 11.6 Å². The van der Waals surface area contributed by atoms with Crippen LogP contribution < -0.4 is 0 Å². The first-order chi connectivity index (χ1) is 8.81. The van der Waals surface area contributed by atoms with Gasteiger partial charge in [0.2, 0.25) is 0 Å². The molecule has 0 aromatic carbocycles. The van der Waals surface area contributed by atoms with Crippen molar-refractivity contribution >= 4 is 23.2 Å². The van der Waals surface area contributed by atoms with Crippen LogP contribution in [0.4, 0.5) is 5.69 Å². The Labute approximate surface area is 115 Å². The van der Waals surface area contributed by atoms with Crippen molar-refractivity contribution in [1.29, 1.82) is 0 Å². The molecule has 19 heavy (non-hydrogen) atoms. The van der Waals surface area contributed by atoms with Crippen molar-refractivity contribution in [2.24, 2.45) is 5.41 Å². The lowest BCUT2D eigenvalue weighted by Crippen LogP contribution is -2.49. The van der Waals surface area contributed by atoms with Crippen LogP contribution >= 0.6 is 11.6 Å². The number of nitro groups is 1. The molecule has 2 rings (SSSR count). The summed E-state index contributed by atoms with van der Waals surface area (Å²) >= 11 is 6.23. The van der Waals surface area contributed by atoms with Crippen LogP contribution in [0, 0.1) is 15.5 Å². The number of alkyl halides is 1. The van der Waals surface area contributed by atoms with Crippen molar-refractivity contribution < 1.29 is 9.72 Å². The van der Waals surface area contributed by atoms with Crippen LogP contribution in [0.1, 0.15) is 30.8 Å². The largest absolute Gasteiger partial charge is 0.351 e. The fourth-order valence-electron chi connectivity index (χ4n) is 2.29. The number of piperidine rings is 1. The fraction of sp³-hybridized carbons (Fsp3) is 0.583. The Balaban J connectivity index is 2.13. The summed E-state index contributed by atoms with van der Waals surface area (Å²) in [4.78, 5) is 26.7. The van der Waals surface area contributed by atoms with E-state index in [1.54, 1.807) is 4.90 Å². The number of halogens is 1. The van der Waals surface area contributed by atoms with Gasteiger partial charge in [0.1, 0.15) is 5.69 Å². The number of nitrogens with one attached hydrogen (secondary N) is 1. The first-order valence-electron chi connectivity index (χ1n) is 6.07. The van der Waals surface area contributed by atoms with E-state index in [-0.39, 0.29) is 28.1 Å². The molecule has 7 heteroatoms. The normalized spacial score (nSPS) is 22.3. The molecule has 0 saturated carbocycles. The molecule has 0 radical (unpaired) electrons. The lowest BCUT2D eigenvalue weighted by molar-refractivity contribution is -0.384. The van der Waals surface area contributed by atoms with Crippen molar-refractivity contribution in [3.63, 3.8) is 0 Å².